The Hall–Kier alpha value is -3.27. The molecule has 3 amide bonds. The van der Waals surface area contributed by atoms with Gasteiger partial charge in [-0.15, -0.1) is 11.3 Å². The highest BCUT2D eigenvalue weighted by Crippen LogP contribution is 2.32. The van der Waals surface area contributed by atoms with Crippen molar-refractivity contribution in [2.75, 3.05) is 11.9 Å². The van der Waals surface area contributed by atoms with Crippen LogP contribution >= 0.6 is 11.3 Å². The highest BCUT2D eigenvalue weighted by atomic mass is 32.1. The predicted octanol–water partition coefficient (Wildman–Crippen LogP) is 2.08. The number of aryl methyl sites for hydroxylation is 1. The van der Waals surface area contributed by atoms with E-state index < -0.39 is 30.2 Å². The molecule has 1 heterocycles. The van der Waals surface area contributed by atoms with Crippen LogP contribution in [0.5, 0.6) is 0 Å². The third-order valence-electron chi connectivity index (χ3n) is 3.65. The topological polar surface area (TPSA) is 114 Å². The second kappa shape index (κ2) is 9.09. The number of anilines is 1. The van der Waals surface area contributed by atoms with Crippen LogP contribution in [-0.2, 0) is 14.3 Å². The molecule has 0 radical (unpaired) electrons. The first-order valence-corrected chi connectivity index (χ1v) is 8.90. The molecule has 8 nitrogen and oxygen atoms in total. The molecule has 3 N–H and O–H groups in total. The Morgan fingerprint density at radius 3 is 2.43 bits per heavy atom. The maximum Gasteiger partial charge on any atom is 0.341 e. The molecule has 2 rings (SSSR count). The largest absolute Gasteiger partial charge is 0.452 e. The molecule has 10 heteroatoms. The zero-order valence-electron chi connectivity index (χ0n) is 15.3. The van der Waals surface area contributed by atoms with Crippen LogP contribution in [-0.4, -0.2) is 30.3 Å². The monoisotopic (exact) mass is 407 g/mol. The lowest BCUT2D eigenvalue weighted by Crippen LogP contribution is -2.43. The summed E-state index contributed by atoms with van der Waals surface area (Å²) in [6, 6.07) is 5.26. The van der Waals surface area contributed by atoms with E-state index in [-0.39, 0.29) is 17.0 Å². The minimum atomic E-state index is -0.852. The summed E-state index contributed by atoms with van der Waals surface area (Å²) in [4.78, 5) is 48.0. The lowest BCUT2D eigenvalue weighted by molar-refractivity contribution is -0.125. The van der Waals surface area contributed by atoms with Crippen LogP contribution in [0.1, 0.15) is 38.1 Å². The molecule has 0 saturated heterocycles. The molecule has 0 bridgehead atoms. The van der Waals surface area contributed by atoms with E-state index in [1.54, 1.807) is 13.8 Å². The second-order valence-corrected chi connectivity index (χ2v) is 6.95. The van der Waals surface area contributed by atoms with E-state index in [0.29, 0.717) is 10.6 Å². The highest BCUT2D eigenvalue weighted by Gasteiger charge is 2.22. The average molecular weight is 407 g/mol. The van der Waals surface area contributed by atoms with E-state index >= 15 is 0 Å². The van der Waals surface area contributed by atoms with Crippen molar-refractivity contribution < 1.29 is 28.3 Å². The maximum absolute atomic E-state index is 13.5. The molecule has 148 valence electrons. The number of hydrogen-bond acceptors (Lipinski definition) is 6. The number of benzene rings is 1. The first-order valence-electron chi connectivity index (χ1n) is 8.09. The number of hydrogen-bond donors (Lipinski definition) is 3. The summed E-state index contributed by atoms with van der Waals surface area (Å²) in [6.07, 6.45) is 0. The number of amides is 3. The van der Waals surface area contributed by atoms with Gasteiger partial charge in [0, 0.05) is 11.8 Å². The van der Waals surface area contributed by atoms with E-state index in [2.05, 4.69) is 5.32 Å². The summed E-state index contributed by atoms with van der Waals surface area (Å²) in [7, 11) is 0. The first kappa shape index (κ1) is 21.0. The molecule has 0 fully saturated rings. The van der Waals surface area contributed by atoms with Crippen LogP contribution in [0.3, 0.4) is 0 Å². The number of halogens is 1. The third-order valence-corrected chi connectivity index (χ3v) is 4.77. The quantitative estimate of drug-likeness (QED) is 0.519. The molecule has 0 aliphatic heterocycles. The molecular weight excluding hydrogens is 389 g/mol. The van der Waals surface area contributed by atoms with E-state index in [0.717, 1.165) is 10.9 Å². The molecule has 1 aromatic heterocycles. The van der Waals surface area contributed by atoms with Crippen LogP contribution in [0.2, 0.25) is 0 Å². The van der Waals surface area contributed by atoms with Gasteiger partial charge in [-0.25, -0.2) is 9.18 Å². The standard InChI is InChI=1S/C18H18FN3O5S/c1-9-10(2)28-17(20-11(3)23)15(9)18(26)27-8-14(24)21-22-16(25)12-6-4-5-7-13(12)19/h4-7H,8H2,1-3H3,(H,20,23)(H,21,24)(H,22,25). The van der Waals surface area contributed by atoms with Crippen molar-refractivity contribution in [3.05, 3.63) is 51.7 Å². The molecule has 0 aliphatic rings. The SMILES string of the molecule is CC(=O)Nc1sc(C)c(C)c1C(=O)OCC(=O)NNC(=O)c1ccccc1F. The Balaban J connectivity index is 1.93. The molecule has 28 heavy (non-hydrogen) atoms. The number of carbonyl (C=O) groups is 4. The Labute approximate surface area is 164 Å². The van der Waals surface area contributed by atoms with Crippen molar-refractivity contribution in [3.63, 3.8) is 0 Å². The van der Waals surface area contributed by atoms with Crippen LogP contribution in [0.25, 0.3) is 0 Å². The summed E-state index contributed by atoms with van der Waals surface area (Å²) in [5.41, 5.74) is 4.62. The van der Waals surface area contributed by atoms with Crippen LogP contribution < -0.4 is 16.2 Å². The van der Waals surface area contributed by atoms with Gasteiger partial charge in [0.1, 0.15) is 10.8 Å². The number of hydrazine groups is 1. The van der Waals surface area contributed by atoms with Crippen molar-refractivity contribution in [2.45, 2.75) is 20.8 Å². The fourth-order valence-electron chi connectivity index (χ4n) is 2.20. The molecule has 2 aromatic rings. The lowest BCUT2D eigenvalue weighted by atomic mass is 10.1. The van der Waals surface area contributed by atoms with Gasteiger partial charge < -0.3 is 10.1 Å². The highest BCUT2D eigenvalue weighted by molar-refractivity contribution is 7.16. The van der Waals surface area contributed by atoms with Crippen molar-refractivity contribution in [3.8, 4) is 0 Å². The number of nitrogens with one attached hydrogen (secondary N) is 3. The third kappa shape index (κ3) is 5.13. The van der Waals surface area contributed by atoms with Gasteiger partial charge in [0.2, 0.25) is 5.91 Å². The van der Waals surface area contributed by atoms with Crippen LogP contribution in [0, 0.1) is 19.7 Å². The number of rotatable bonds is 5. The minimum absolute atomic E-state index is 0.167. The summed E-state index contributed by atoms with van der Waals surface area (Å²) < 4.78 is 18.4. The molecular formula is C18H18FN3O5S. The van der Waals surface area contributed by atoms with Gasteiger partial charge >= 0.3 is 5.97 Å². The minimum Gasteiger partial charge on any atom is -0.452 e. The lowest BCUT2D eigenvalue weighted by Gasteiger charge is -2.09. The van der Waals surface area contributed by atoms with Gasteiger partial charge in [0.05, 0.1) is 11.1 Å². The smallest absolute Gasteiger partial charge is 0.341 e. The maximum atomic E-state index is 13.5. The molecule has 0 saturated carbocycles. The Morgan fingerprint density at radius 2 is 1.79 bits per heavy atom. The second-order valence-electron chi connectivity index (χ2n) is 5.73. The van der Waals surface area contributed by atoms with Crippen molar-refractivity contribution in [2.24, 2.45) is 0 Å². The predicted molar refractivity (Wildman–Crippen MR) is 100 cm³/mol. The van der Waals surface area contributed by atoms with Crippen molar-refractivity contribution in [1.29, 1.82) is 0 Å². The fourth-order valence-corrected chi connectivity index (χ4v) is 3.29. The number of carbonyl (C=O) groups excluding carboxylic acids is 4. The molecule has 0 spiro atoms. The van der Waals surface area contributed by atoms with Gasteiger partial charge in [-0.05, 0) is 31.5 Å². The van der Waals surface area contributed by atoms with Gasteiger partial charge in [0.15, 0.2) is 6.61 Å². The van der Waals surface area contributed by atoms with E-state index in [9.17, 15) is 23.6 Å². The summed E-state index contributed by atoms with van der Waals surface area (Å²) in [5, 5.41) is 2.89. The zero-order valence-corrected chi connectivity index (χ0v) is 16.2. The Bertz CT molecular complexity index is 941. The Kier molecular flexibility index (Phi) is 6.83. The first-order chi connectivity index (χ1) is 13.2. The summed E-state index contributed by atoms with van der Waals surface area (Å²) in [5.74, 6) is -3.54. The van der Waals surface area contributed by atoms with Crippen LogP contribution in [0.15, 0.2) is 24.3 Å². The zero-order chi connectivity index (χ0) is 20.8. The summed E-state index contributed by atoms with van der Waals surface area (Å²) in [6.45, 7) is 4.12. The van der Waals surface area contributed by atoms with E-state index in [1.165, 1.54) is 36.5 Å². The average Bonchev–Trinajstić information content (AvgIpc) is 2.91. The van der Waals surface area contributed by atoms with Crippen molar-refractivity contribution >= 4 is 40.0 Å². The number of esters is 1. The fraction of sp³-hybridized carbons (Fsp3) is 0.222. The van der Waals surface area contributed by atoms with E-state index in [4.69, 9.17) is 4.74 Å². The number of thiophene rings is 1. The van der Waals surface area contributed by atoms with Crippen LogP contribution in [0.4, 0.5) is 9.39 Å². The summed E-state index contributed by atoms with van der Waals surface area (Å²) >= 11 is 1.22. The molecule has 0 unspecified atom stereocenters. The normalized spacial score (nSPS) is 10.1. The Morgan fingerprint density at radius 1 is 1.11 bits per heavy atom. The van der Waals surface area contributed by atoms with Gasteiger partial charge in [0.25, 0.3) is 11.8 Å². The van der Waals surface area contributed by atoms with Crippen molar-refractivity contribution in [1.82, 2.24) is 10.9 Å². The number of ether oxygens (including phenoxy) is 1. The molecule has 1 aromatic carbocycles. The molecule has 0 aliphatic carbocycles. The molecule has 0 atom stereocenters. The van der Waals surface area contributed by atoms with Gasteiger partial charge in [-0.3, -0.25) is 25.2 Å². The van der Waals surface area contributed by atoms with Gasteiger partial charge in [-0.2, -0.15) is 0 Å². The van der Waals surface area contributed by atoms with Gasteiger partial charge in [-0.1, -0.05) is 12.1 Å². The van der Waals surface area contributed by atoms with E-state index in [1.807, 2.05) is 10.9 Å².